The van der Waals surface area contributed by atoms with E-state index in [1.807, 2.05) is 37.3 Å². The van der Waals surface area contributed by atoms with Crippen LogP contribution in [0.4, 0.5) is 11.4 Å². The number of halogens is 1. The summed E-state index contributed by atoms with van der Waals surface area (Å²) in [7, 11) is 1.53. The zero-order chi connectivity index (χ0) is 21.3. The van der Waals surface area contributed by atoms with Gasteiger partial charge in [0.15, 0.2) is 0 Å². The number of methoxy groups -OCH3 is 1. The van der Waals surface area contributed by atoms with Crippen molar-refractivity contribution in [1.29, 1.82) is 0 Å². The third-order valence-electron chi connectivity index (χ3n) is 4.83. The minimum absolute atomic E-state index is 0.174. The number of imide groups is 1. The monoisotopic (exact) mass is 418 g/mol. The van der Waals surface area contributed by atoms with Crippen LogP contribution in [0.3, 0.4) is 0 Å². The first kappa shape index (κ1) is 19.7. The van der Waals surface area contributed by atoms with E-state index in [1.54, 1.807) is 42.5 Å². The number of nitrogens with one attached hydrogen (secondary N) is 1. The third kappa shape index (κ3) is 3.55. The molecule has 0 atom stereocenters. The summed E-state index contributed by atoms with van der Waals surface area (Å²) in [5.41, 5.74) is 3.09. The molecule has 3 aromatic carbocycles. The van der Waals surface area contributed by atoms with Gasteiger partial charge in [-0.2, -0.15) is 0 Å². The number of rotatable bonds is 5. The van der Waals surface area contributed by atoms with E-state index < -0.39 is 5.91 Å². The average molecular weight is 419 g/mol. The number of carbonyl (C=O) groups is 2. The lowest BCUT2D eigenvalue weighted by Crippen LogP contribution is -2.32. The highest BCUT2D eigenvalue weighted by atomic mass is 35.5. The van der Waals surface area contributed by atoms with Crippen LogP contribution in [0, 0.1) is 6.92 Å². The zero-order valence-corrected chi connectivity index (χ0v) is 17.2. The molecule has 150 valence electrons. The molecule has 3 aromatic rings. The summed E-state index contributed by atoms with van der Waals surface area (Å²) >= 11 is 6.15. The minimum atomic E-state index is -0.438. The van der Waals surface area contributed by atoms with Gasteiger partial charge in [0.2, 0.25) is 0 Å². The summed E-state index contributed by atoms with van der Waals surface area (Å²) in [6, 6.07) is 21.4. The summed E-state index contributed by atoms with van der Waals surface area (Å²) in [5, 5.41) is 3.58. The highest BCUT2D eigenvalue weighted by Crippen LogP contribution is 2.36. The molecular weight excluding hydrogens is 400 g/mol. The highest BCUT2D eigenvalue weighted by molar-refractivity contribution is 6.46. The van der Waals surface area contributed by atoms with Crippen molar-refractivity contribution in [3.8, 4) is 5.75 Å². The Hall–Kier alpha value is -3.57. The number of ether oxygens (including phenoxy) is 1. The smallest absolute Gasteiger partial charge is 0.282 e. The molecule has 0 saturated carbocycles. The summed E-state index contributed by atoms with van der Waals surface area (Å²) in [6.07, 6.45) is 0. The van der Waals surface area contributed by atoms with Gasteiger partial charge < -0.3 is 10.1 Å². The van der Waals surface area contributed by atoms with Crippen LogP contribution < -0.4 is 15.0 Å². The molecule has 1 N–H and O–H groups in total. The molecule has 30 heavy (non-hydrogen) atoms. The minimum Gasteiger partial charge on any atom is -0.495 e. The van der Waals surface area contributed by atoms with Gasteiger partial charge in [0.25, 0.3) is 11.8 Å². The van der Waals surface area contributed by atoms with E-state index in [0.29, 0.717) is 33.3 Å². The van der Waals surface area contributed by atoms with E-state index in [9.17, 15) is 9.59 Å². The number of aryl methyl sites for hydroxylation is 1. The maximum atomic E-state index is 13.4. The maximum absolute atomic E-state index is 13.4. The lowest BCUT2D eigenvalue weighted by molar-refractivity contribution is -0.120. The normalized spacial score (nSPS) is 13.8. The van der Waals surface area contributed by atoms with Crippen molar-refractivity contribution in [2.75, 3.05) is 17.3 Å². The van der Waals surface area contributed by atoms with Gasteiger partial charge in [-0.15, -0.1) is 0 Å². The van der Waals surface area contributed by atoms with Crippen molar-refractivity contribution in [1.82, 2.24) is 0 Å². The number of benzene rings is 3. The number of hydrogen-bond acceptors (Lipinski definition) is 4. The van der Waals surface area contributed by atoms with Crippen LogP contribution in [0.5, 0.6) is 5.75 Å². The molecule has 6 heteroatoms. The lowest BCUT2D eigenvalue weighted by atomic mass is 10.0. The molecule has 0 bridgehead atoms. The Morgan fingerprint density at radius 2 is 1.67 bits per heavy atom. The van der Waals surface area contributed by atoms with Crippen LogP contribution in [0.1, 0.15) is 11.1 Å². The van der Waals surface area contributed by atoms with Crippen LogP contribution in [-0.4, -0.2) is 18.9 Å². The van der Waals surface area contributed by atoms with E-state index in [-0.39, 0.29) is 11.6 Å². The van der Waals surface area contributed by atoms with E-state index in [1.165, 1.54) is 12.0 Å². The van der Waals surface area contributed by atoms with Crippen LogP contribution >= 0.6 is 11.6 Å². The molecule has 0 aliphatic carbocycles. The fraction of sp³-hybridized carbons (Fsp3) is 0.0833. The topological polar surface area (TPSA) is 58.6 Å². The predicted octanol–water partition coefficient (Wildman–Crippen LogP) is 5.05. The molecular formula is C24H19ClN2O3. The second-order valence-electron chi connectivity index (χ2n) is 6.87. The molecule has 0 fully saturated rings. The molecule has 0 saturated heterocycles. The summed E-state index contributed by atoms with van der Waals surface area (Å²) in [5.74, 6) is -0.319. The van der Waals surface area contributed by atoms with Crippen LogP contribution in [-0.2, 0) is 9.59 Å². The van der Waals surface area contributed by atoms with Gasteiger partial charge in [0, 0.05) is 5.02 Å². The van der Waals surface area contributed by atoms with E-state index >= 15 is 0 Å². The van der Waals surface area contributed by atoms with Gasteiger partial charge in [-0.1, -0.05) is 54.1 Å². The second kappa shape index (κ2) is 8.05. The van der Waals surface area contributed by atoms with Gasteiger partial charge in [-0.05, 0) is 48.4 Å². The Balaban J connectivity index is 1.85. The summed E-state index contributed by atoms with van der Waals surface area (Å²) in [6.45, 7) is 1.91. The largest absolute Gasteiger partial charge is 0.495 e. The second-order valence-corrected chi connectivity index (χ2v) is 7.31. The van der Waals surface area contributed by atoms with Crippen LogP contribution in [0.15, 0.2) is 78.5 Å². The number of anilines is 2. The standard InChI is InChI=1S/C24H19ClN2O3/c1-15-7-6-10-18(13-15)27-23(28)21(16-8-4-3-5-9-16)22(24(27)29)26-19-14-17(25)11-12-20(19)30-2/h3-14,26H,1-2H3. The van der Waals surface area contributed by atoms with Crippen molar-refractivity contribution < 1.29 is 14.3 Å². The van der Waals surface area contributed by atoms with Gasteiger partial charge in [0.1, 0.15) is 11.4 Å². The predicted molar refractivity (Wildman–Crippen MR) is 119 cm³/mol. The van der Waals surface area contributed by atoms with Crippen molar-refractivity contribution in [2.24, 2.45) is 0 Å². The third-order valence-corrected chi connectivity index (χ3v) is 5.06. The fourth-order valence-corrected chi connectivity index (χ4v) is 3.60. The SMILES string of the molecule is COc1ccc(Cl)cc1NC1=C(c2ccccc2)C(=O)N(c2cccc(C)c2)C1=O. The molecule has 5 nitrogen and oxygen atoms in total. The summed E-state index contributed by atoms with van der Waals surface area (Å²) < 4.78 is 5.39. The lowest BCUT2D eigenvalue weighted by Gasteiger charge is -2.16. The Labute approximate surface area is 179 Å². The first-order valence-electron chi connectivity index (χ1n) is 9.35. The van der Waals surface area contributed by atoms with Crippen molar-refractivity contribution >= 4 is 40.4 Å². The van der Waals surface area contributed by atoms with Gasteiger partial charge >= 0.3 is 0 Å². The first-order valence-corrected chi connectivity index (χ1v) is 9.73. The van der Waals surface area contributed by atoms with E-state index in [2.05, 4.69) is 5.32 Å². The van der Waals surface area contributed by atoms with Gasteiger partial charge in [0.05, 0.1) is 24.1 Å². The quantitative estimate of drug-likeness (QED) is 0.589. The molecule has 0 aromatic heterocycles. The van der Waals surface area contributed by atoms with E-state index in [4.69, 9.17) is 16.3 Å². The number of nitrogens with zero attached hydrogens (tertiary/aromatic N) is 1. The Bertz CT molecular complexity index is 1170. The van der Waals surface area contributed by atoms with Gasteiger partial charge in [-0.25, -0.2) is 4.90 Å². The fourth-order valence-electron chi connectivity index (χ4n) is 3.43. The van der Waals surface area contributed by atoms with E-state index in [0.717, 1.165) is 5.56 Å². The Morgan fingerprint density at radius 1 is 0.900 bits per heavy atom. The Morgan fingerprint density at radius 3 is 2.37 bits per heavy atom. The highest BCUT2D eigenvalue weighted by Gasteiger charge is 2.40. The molecule has 2 amide bonds. The average Bonchev–Trinajstić information content (AvgIpc) is 2.98. The molecule has 1 heterocycles. The molecule has 1 aliphatic rings. The zero-order valence-electron chi connectivity index (χ0n) is 16.5. The van der Waals surface area contributed by atoms with Crippen LogP contribution in [0.25, 0.3) is 5.57 Å². The van der Waals surface area contributed by atoms with Crippen LogP contribution in [0.2, 0.25) is 5.02 Å². The Kier molecular flexibility index (Phi) is 5.29. The number of hydrogen-bond donors (Lipinski definition) is 1. The van der Waals surface area contributed by atoms with Crippen molar-refractivity contribution in [3.63, 3.8) is 0 Å². The molecule has 0 unspecified atom stereocenters. The number of carbonyl (C=O) groups excluding carboxylic acids is 2. The molecule has 4 rings (SSSR count). The maximum Gasteiger partial charge on any atom is 0.282 e. The summed E-state index contributed by atoms with van der Waals surface area (Å²) in [4.78, 5) is 28.0. The number of amides is 2. The van der Waals surface area contributed by atoms with Crippen molar-refractivity contribution in [3.05, 3.63) is 94.6 Å². The molecule has 1 aliphatic heterocycles. The first-order chi connectivity index (χ1) is 14.5. The van der Waals surface area contributed by atoms with Gasteiger partial charge in [-0.3, -0.25) is 9.59 Å². The van der Waals surface area contributed by atoms with Crippen molar-refractivity contribution in [2.45, 2.75) is 6.92 Å². The molecule has 0 radical (unpaired) electrons. The molecule has 0 spiro atoms.